The Balaban J connectivity index is 0.916. The summed E-state index contributed by atoms with van der Waals surface area (Å²) in [6, 6.07) is 49.3. The molecular weight excluding hydrogens is 773 g/mol. The second kappa shape index (κ2) is 17.5. The molecule has 1 saturated carbocycles. The first kappa shape index (κ1) is 40.8. The summed E-state index contributed by atoms with van der Waals surface area (Å²) in [6.45, 7) is 8.77. The van der Waals surface area contributed by atoms with Crippen molar-refractivity contribution in [3.63, 3.8) is 0 Å². The van der Waals surface area contributed by atoms with Crippen molar-refractivity contribution in [2.75, 3.05) is 0 Å². The van der Waals surface area contributed by atoms with Crippen molar-refractivity contribution in [1.29, 1.82) is 0 Å². The van der Waals surface area contributed by atoms with Crippen LogP contribution in [0.1, 0.15) is 63.8 Å². The molecule has 312 valence electrons. The van der Waals surface area contributed by atoms with Crippen LogP contribution in [0.25, 0.3) is 33.4 Å². The summed E-state index contributed by atoms with van der Waals surface area (Å²) in [5, 5.41) is 0. The fourth-order valence-corrected chi connectivity index (χ4v) is 10.6. The molecule has 0 aromatic heterocycles. The van der Waals surface area contributed by atoms with Gasteiger partial charge in [0.05, 0.1) is 16.8 Å². The van der Waals surface area contributed by atoms with E-state index < -0.39 is 0 Å². The lowest BCUT2D eigenvalue weighted by atomic mass is 9.81. The molecule has 0 saturated heterocycles. The Morgan fingerprint density at radius 1 is 0.703 bits per heavy atom. The molecule has 64 heavy (non-hydrogen) atoms. The van der Waals surface area contributed by atoms with Gasteiger partial charge in [-0.05, 0) is 148 Å². The minimum Gasteiger partial charge on any atom is -0.405 e. The summed E-state index contributed by atoms with van der Waals surface area (Å²) in [4.78, 5) is 4.94. The maximum Gasteiger partial charge on any atom is 0.0709 e. The average Bonchev–Trinajstić information content (AvgIpc) is 3.66. The van der Waals surface area contributed by atoms with Gasteiger partial charge in [-0.15, -0.1) is 0 Å². The van der Waals surface area contributed by atoms with E-state index in [4.69, 9.17) is 10.7 Å². The van der Waals surface area contributed by atoms with E-state index in [1.165, 1.54) is 83.5 Å². The molecule has 6 aromatic carbocycles. The molecule has 2 nitrogen and oxygen atoms in total. The summed E-state index contributed by atoms with van der Waals surface area (Å²) in [6.07, 6.45) is 28.4. The van der Waals surface area contributed by atoms with E-state index >= 15 is 0 Å². The molecule has 2 N–H and O–H groups in total. The quantitative estimate of drug-likeness (QED) is 0.0914. The smallest absolute Gasteiger partial charge is 0.0709 e. The van der Waals surface area contributed by atoms with Crippen molar-refractivity contribution in [2.24, 2.45) is 16.6 Å². The highest BCUT2D eigenvalue weighted by Gasteiger charge is 2.63. The van der Waals surface area contributed by atoms with Crippen LogP contribution >= 0.6 is 0 Å². The Morgan fingerprint density at radius 3 is 2.23 bits per heavy atom. The van der Waals surface area contributed by atoms with E-state index in [1.807, 2.05) is 12.3 Å². The van der Waals surface area contributed by atoms with Crippen molar-refractivity contribution in [3.8, 4) is 33.4 Å². The summed E-state index contributed by atoms with van der Waals surface area (Å²) in [7, 11) is 0. The highest BCUT2D eigenvalue weighted by molar-refractivity contribution is 6.09. The van der Waals surface area contributed by atoms with Crippen LogP contribution in [-0.4, -0.2) is 5.71 Å². The molecule has 1 fully saturated rings. The highest BCUT2D eigenvalue weighted by atomic mass is 14.8. The first-order chi connectivity index (χ1) is 31.4. The molecule has 5 aliphatic rings. The Labute approximate surface area is 379 Å². The Bertz CT molecular complexity index is 3050. The van der Waals surface area contributed by atoms with Gasteiger partial charge in [0.25, 0.3) is 0 Å². The highest BCUT2D eigenvalue weighted by Crippen LogP contribution is 2.70. The summed E-state index contributed by atoms with van der Waals surface area (Å²) in [5.41, 5.74) is 30.0. The third-order valence-corrected chi connectivity index (χ3v) is 13.7. The molecule has 2 bridgehead atoms. The average molecular weight is 827 g/mol. The first-order valence-corrected chi connectivity index (χ1v) is 22.8. The Morgan fingerprint density at radius 2 is 1.45 bits per heavy atom. The zero-order chi connectivity index (χ0) is 43.6. The zero-order valence-electron chi connectivity index (χ0n) is 36.9. The molecule has 2 atom stereocenters. The van der Waals surface area contributed by atoms with Gasteiger partial charge >= 0.3 is 0 Å². The molecule has 6 aromatic rings. The number of benzene rings is 6. The lowest BCUT2D eigenvalue weighted by Crippen LogP contribution is -2.14. The van der Waals surface area contributed by atoms with Gasteiger partial charge in [-0.25, -0.2) is 4.99 Å². The lowest BCUT2D eigenvalue weighted by molar-refractivity contribution is 0.699. The predicted molar refractivity (Wildman–Crippen MR) is 270 cm³/mol. The van der Waals surface area contributed by atoms with Gasteiger partial charge in [0.1, 0.15) is 0 Å². The zero-order valence-corrected chi connectivity index (χ0v) is 36.9. The van der Waals surface area contributed by atoms with Gasteiger partial charge in [0.15, 0.2) is 0 Å². The van der Waals surface area contributed by atoms with Crippen molar-refractivity contribution in [1.82, 2.24) is 0 Å². The normalized spacial score (nSPS) is 18.9. The summed E-state index contributed by atoms with van der Waals surface area (Å²) >= 11 is 0. The maximum absolute atomic E-state index is 6.55. The number of fused-ring (bicyclic) bond motifs is 2. The molecule has 1 spiro atoms. The van der Waals surface area contributed by atoms with E-state index in [-0.39, 0.29) is 5.41 Å². The van der Waals surface area contributed by atoms with Crippen LogP contribution in [-0.2, 0) is 18.3 Å². The molecule has 0 radical (unpaired) electrons. The van der Waals surface area contributed by atoms with E-state index in [0.717, 1.165) is 54.6 Å². The molecule has 2 heteroatoms. The number of rotatable bonds is 13. The Kier molecular flexibility index (Phi) is 11.1. The maximum atomic E-state index is 6.55. The van der Waals surface area contributed by atoms with Gasteiger partial charge in [0, 0.05) is 11.5 Å². The van der Waals surface area contributed by atoms with Crippen LogP contribution in [0.5, 0.6) is 0 Å². The summed E-state index contributed by atoms with van der Waals surface area (Å²) in [5.74, 6) is 0.330. The Hall–Kier alpha value is -7.29. The molecule has 0 aliphatic heterocycles. The second-order valence-electron chi connectivity index (χ2n) is 17.6. The van der Waals surface area contributed by atoms with Crippen LogP contribution in [0, 0.1) is 19.8 Å². The molecule has 0 amide bonds. The minimum atomic E-state index is -0.234. The standard InChI is InChI=1S/C62H54N2/c1-42-19-18-28-50(26-8-5-9-32-60(49-24-6-4-7-25-49)64-44(3)47-22-12-13-23-47)61(42)52-29-15-14-27-51(52)38-46-33-35-48(36-34-46)55-40-54-43(2)37-57(55)62(56-31-17-16-30-53(54)56)58(59(62)41-63)39-45-20-10-11-21-45/h4-10,12,14-25,27-37,40-41,58H,3,11,13,26,38-39,63H2,1-2H3/b8-5-,32-9+,59-41+,64-60?. The molecule has 11 rings (SSSR count). The fourth-order valence-electron chi connectivity index (χ4n) is 10.6. The van der Waals surface area contributed by atoms with Gasteiger partial charge in [0.2, 0.25) is 0 Å². The molecule has 5 aliphatic carbocycles. The van der Waals surface area contributed by atoms with Gasteiger partial charge in [-0.2, -0.15) is 0 Å². The van der Waals surface area contributed by atoms with Gasteiger partial charge in [-0.1, -0.05) is 194 Å². The van der Waals surface area contributed by atoms with Gasteiger partial charge < -0.3 is 5.73 Å². The summed E-state index contributed by atoms with van der Waals surface area (Å²) < 4.78 is 0. The number of hydrogen-bond donors (Lipinski definition) is 1. The van der Waals surface area contributed by atoms with E-state index in [1.54, 1.807) is 0 Å². The molecule has 2 unspecified atom stereocenters. The lowest BCUT2D eigenvalue weighted by Gasteiger charge is -2.21. The van der Waals surface area contributed by atoms with E-state index in [9.17, 15) is 0 Å². The minimum absolute atomic E-state index is 0.234. The van der Waals surface area contributed by atoms with Crippen LogP contribution in [0.2, 0.25) is 0 Å². The third-order valence-electron chi connectivity index (χ3n) is 13.7. The fraction of sp³-hybridized carbons (Fsp3) is 0.145. The van der Waals surface area contributed by atoms with Crippen LogP contribution in [0.3, 0.4) is 0 Å². The number of nitrogens with two attached hydrogens (primary N) is 1. The number of allylic oxidation sites excluding steroid dienone is 12. The third kappa shape index (κ3) is 7.54. The number of hydrogen-bond acceptors (Lipinski definition) is 2. The monoisotopic (exact) mass is 826 g/mol. The molecular formula is C62H54N2. The number of nitrogens with zero attached hydrogens (tertiary/aromatic N) is 1. The van der Waals surface area contributed by atoms with Crippen molar-refractivity contribution >= 4 is 5.71 Å². The van der Waals surface area contributed by atoms with Crippen molar-refractivity contribution in [3.05, 3.63) is 274 Å². The van der Waals surface area contributed by atoms with Crippen molar-refractivity contribution in [2.45, 2.75) is 51.4 Å². The first-order valence-electron chi connectivity index (χ1n) is 22.8. The van der Waals surface area contributed by atoms with Crippen molar-refractivity contribution < 1.29 is 0 Å². The predicted octanol–water partition coefficient (Wildman–Crippen LogP) is 14.8. The molecule has 0 heterocycles. The van der Waals surface area contributed by atoms with Gasteiger partial charge in [-0.3, -0.25) is 0 Å². The second-order valence-corrected chi connectivity index (χ2v) is 17.6. The SMILES string of the molecule is C=C(N=C(/C=C/C=C\Cc1cccc(C)c1-c1ccccc1Cc1ccc(-c2cc3c(C)cc2C2(/C(=C/N)C2CC2=CCC=C2)c2ccccc2-3)cc1)c1ccccc1)C1=CCC=C1. The topological polar surface area (TPSA) is 38.4 Å². The van der Waals surface area contributed by atoms with E-state index in [0.29, 0.717) is 5.92 Å². The van der Waals surface area contributed by atoms with Crippen LogP contribution in [0.15, 0.2) is 234 Å². The largest absolute Gasteiger partial charge is 0.405 e. The van der Waals surface area contributed by atoms with E-state index in [2.05, 4.69) is 209 Å². The van der Waals surface area contributed by atoms with Crippen LogP contribution < -0.4 is 5.73 Å². The number of aliphatic imine (C=N–C) groups is 1. The number of aryl methyl sites for hydroxylation is 2. The van der Waals surface area contributed by atoms with Crippen LogP contribution in [0.4, 0.5) is 0 Å².